The molecule has 0 spiro atoms. The van der Waals surface area contributed by atoms with E-state index in [2.05, 4.69) is 25.1 Å². The van der Waals surface area contributed by atoms with Gasteiger partial charge in [-0.1, -0.05) is 36.4 Å². The molecule has 0 saturated carbocycles. The van der Waals surface area contributed by atoms with Crippen LogP contribution in [0.5, 0.6) is 0 Å². The summed E-state index contributed by atoms with van der Waals surface area (Å²) in [6, 6.07) is 10.6. The summed E-state index contributed by atoms with van der Waals surface area (Å²) < 4.78 is 0. The van der Waals surface area contributed by atoms with Gasteiger partial charge in [0.2, 0.25) is 0 Å². The van der Waals surface area contributed by atoms with Gasteiger partial charge in [-0.25, -0.2) is 0 Å². The van der Waals surface area contributed by atoms with Crippen molar-refractivity contribution in [2.24, 2.45) is 0 Å². The molecule has 1 unspecified atom stereocenters. The molecule has 1 aromatic carbocycles. The van der Waals surface area contributed by atoms with E-state index in [4.69, 9.17) is 5.26 Å². The summed E-state index contributed by atoms with van der Waals surface area (Å²) in [7, 11) is 1.03. The Labute approximate surface area is 76.5 Å². The van der Waals surface area contributed by atoms with Crippen LogP contribution in [0.3, 0.4) is 0 Å². The summed E-state index contributed by atoms with van der Waals surface area (Å²) in [6.07, 6.45) is 0.912. The average molecular weight is 175 g/mol. The molecule has 0 radical (unpaired) electrons. The lowest BCUT2D eigenvalue weighted by Gasteiger charge is -2.08. The molecule has 0 aliphatic carbocycles. The van der Waals surface area contributed by atoms with Gasteiger partial charge < -0.3 is 0 Å². The van der Waals surface area contributed by atoms with Crippen molar-refractivity contribution < 1.29 is 0 Å². The predicted molar refractivity (Wildman–Crippen MR) is 54.7 cm³/mol. The average Bonchev–Trinajstić information content (AvgIpc) is 2.10. The van der Waals surface area contributed by atoms with Gasteiger partial charge in [-0.2, -0.15) is 5.26 Å². The van der Waals surface area contributed by atoms with Crippen molar-refractivity contribution in [1.29, 1.82) is 5.26 Å². The van der Waals surface area contributed by atoms with Crippen LogP contribution < -0.4 is 5.19 Å². The summed E-state index contributed by atoms with van der Waals surface area (Å²) in [5.41, 5.74) is 1.23. The Hall–Kier alpha value is -1.07. The van der Waals surface area contributed by atoms with Crippen LogP contribution in [0.25, 0.3) is 0 Å². The van der Waals surface area contributed by atoms with Crippen molar-refractivity contribution in [2.75, 3.05) is 0 Å². The third-order valence-electron chi connectivity index (χ3n) is 2.13. The van der Waals surface area contributed by atoms with Gasteiger partial charge in [-0.05, 0) is 12.0 Å². The third-order valence-corrected chi connectivity index (χ3v) is 3.04. The Morgan fingerprint density at radius 2 is 2.17 bits per heavy atom. The Morgan fingerprint density at radius 3 is 2.67 bits per heavy atom. The first kappa shape index (κ1) is 9.02. The van der Waals surface area contributed by atoms with Crippen LogP contribution in [-0.4, -0.2) is 10.2 Å². The van der Waals surface area contributed by atoms with Crippen molar-refractivity contribution in [2.45, 2.75) is 19.3 Å². The summed E-state index contributed by atoms with van der Waals surface area (Å²) >= 11 is 0. The van der Waals surface area contributed by atoms with Gasteiger partial charge in [0.1, 0.15) is 0 Å². The quantitative estimate of drug-likeness (QED) is 0.607. The molecular formula is C10H13NSi. The van der Waals surface area contributed by atoms with E-state index in [9.17, 15) is 0 Å². The largest absolute Gasteiger partial charge is 0.198 e. The second kappa shape index (κ2) is 4.08. The highest BCUT2D eigenvalue weighted by molar-refractivity contribution is 6.33. The first-order valence-corrected chi connectivity index (χ1v) is 5.24. The van der Waals surface area contributed by atoms with Crippen LogP contribution in [0.15, 0.2) is 24.3 Å². The van der Waals surface area contributed by atoms with Gasteiger partial charge in [0.05, 0.1) is 12.0 Å². The van der Waals surface area contributed by atoms with Crippen molar-refractivity contribution in [1.82, 2.24) is 0 Å². The van der Waals surface area contributed by atoms with Gasteiger partial charge in [0, 0.05) is 10.2 Å². The fourth-order valence-electron chi connectivity index (χ4n) is 1.36. The first-order chi connectivity index (χ1) is 5.79. The molecule has 0 aromatic heterocycles. The molecule has 1 rings (SSSR count). The second-order valence-electron chi connectivity index (χ2n) is 2.95. The van der Waals surface area contributed by atoms with Gasteiger partial charge in [-0.3, -0.25) is 0 Å². The second-order valence-corrected chi connectivity index (χ2v) is 4.02. The SMILES string of the molecule is CCC(C#N)c1ccccc1[SiH3]. The van der Waals surface area contributed by atoms with E-state index >= 15 is 0 Å². The lowest BCUT2D eigenvalue weighted by molar-refractivity contribution is 0.823. The van der Waals surface area contributed by atoms with Crippen LogP contribution in [0.4, 0.5) is 0 Å². The van der Waals surface area contributed by atoms with E-state index in [1.165, 1.54) is 10.8 Å². The van der Waals surface area contributed by atoms with E-state index < -0.39 is 0 Å². The molecule has 1 nitrogen and oxygen atoms in total. The number of hydrogen-bond donors (Lipinski definition) is 0. The lowest BCUT2D eigenvalue weighted by Crippen LogP contribution is -2.12. The number of nitriles is 1. The van der Waals surface area contributed by atoms with Crippen molar-refractivity contribution in [3.05, 3.63) is 29.8 Å². The maximum absolute atomic E-state index is 8.87. The van der Waals surface area contributed by atoms with Crippen LogP contribution in [0, 0.1) is 11.3 Å². The minimum Gasteiger partial charge on any atom is -0.198 e. The standard InChI is InChI=1S/C10H13NSi/c1-2-8(7-11)9-5-3-4-6-10(9)12/h3-6,8H,2H2,1,12H3. The molecule has 12 heavy (non-hydrogen) atoms. The normalized spacial score (nSPS) is 12.3. The summed E-state index contributed by atoms with van der Waals surface area (Å²) in [5, 5.41) is 10.2. The highest BCUT2D eigenvalue weighted by atomic mass is 28.1. The molecule has 62 valence electrons. The van der Waals surface area contributed by atoms with Gasteiger partial charge in [0.15, 0.2) is 0 Å². The van der Waals surface area contributed by atoms with Crippen molar-refractivity contribution in [3.63, 3.8) is 0 Å². The van der Waals surface area contributed by atoms with E-state index in [-0.39, 0.29) is 5.92 Å². The fourth-order valence-corrected chi connectivity index (χ4v) is 2.07. The number of rotatable bonds is 2. The fraction of sp³-hybridized carbons (Fsp3) is 0.300. The van der Waals surface area contributed by atoms with Gasteiger partial charge in [0.25, 0.3) is 0 Å². The molecular weight excluding hydrogens is 162 g/mol. The van der Waals surface area contributed by atoms with Crippen LogP contribution in [0.1, 0.15) is 24.8 Å². The van der Waals surface area contributed by atoms with Crippen molar-refractivity contribution in [3.8, 4) is 6.07 Å². The smallest absolute Gasteiger partial charge is 0.0708 e. The molecule has 2 heteroatoms. The summed E-state index contributed by atoms with van der Waals surface area (Å²) in [4.78, 5) is 0. The Kier molecular flexibility index (Phi) is 3.07. The van der Waals surface area contributed by atoms with Gasteiger partial charge in [-0.15, -0.1) is 0 Å². The van der Waals surface area contributed by atoms with Crippen molar-refractivity contribution >= 4 is 15.4 Å². The molecule has 0 bridgehead atoms. The monoisotopic (exact) mass is 175 g/mol. The van der Waals surface area contributed by atoms with Crippen LogP contribution >= 0.6 is 0 Å². The zero-order valence-electron chi connectivity index (χ0n) is 7.54. The minimum atomic E-state index is 0.0960. The number of benzene rings is 1. The molecule has 0 saturated heterocycles. The third kappa shape index (κ3) is 1.75. The van der Waals surface area contributed by atoms with E-state index in [0.717, 1.165) is 16.7 Å². The zero-order valence-corrected chi connectivity index (χ0v) is 9.54. The highest BCUT2D eigenvalue weighted by Crippen LogP contribution is 2.15. The Balaban J connectivity index is 3.02. The lowest BCUT2D eigenvalue weighted by atomic mass is 9.98. The molecule has 1 aromatic rings. The maximum Gasteiger partial charge on any atom is 0.0708 e. The molecule has 0 heterocycles. The van der Waals surface area contributed by atoms with E-state index in [1.54, 1.807) is 0 Å². The maximum atomic E-state index is 8.87. The van der Waals surface area contributed by atoms with E-state index in [0.29, 0.717) is 0 Å². The summed E-state index contributed by atoms with van der Waals surface area (Å²) in [5.74, 6) is 0.0960. The topological polar surface area (TPSA) is 23.8 Å². The van der Waals surface area contributed by atoms with E-state index in [1.807, 2.05) is 12.1 Å². The predicted octanol–water partition coefficient (Wildman–Crippen LogP) is 0.694. The molecule has 0 aliphatic rings. The zero-order chi connectivity index (χ0) is 8.97. The van der Waals surface area contributed by atoms with Crippen LogP contribution in [-0.2, 0) is 0 Å². The number of nitrogens with zero attached hydrogens (tertiary/aromatic N) is 1. The molecule has 0 amide bonds. The minimum absolute atomic E-state index is 0.0960. The Bertz CT molecular complexity index is 301. The van der Waals surface area contributed by atoms with Gasteiger partial charge >= 0.3 is 0 Å². The highest BCUT2D eigenvalue weighted by Gasteiger charge is 2.08. The molecule has 0 N–H and O–H groups in total. The molecule has 0 fully saturated rings. The first-order valence-electron chi connectivity index (χ1n) is 4.24. The molecule has 1 atom stereocenters. The van der Waals surface area contributed by atoms with Crippen LogP contribution in [0.2, 0.25) is 0 Å². The Morgan fingerprint density at radius 1 is 1.50 bits per heavy atom. The summed E-state index contributed by atoms with van der Waals surface area (Å²) in [6.45, 7) is 2.06. The molecule has 0 aliphatic heterocycles. The number of hydrogen-bond acceptors (Lipinski definition) is 1.